The van der Waals surface area contributed by atoms with E-state index < -0.39 is 10.0 Å². The van der Waals surface area contributed by atoms with Crippen LogP contribution in [0, 0.1) is 0 Å². The number of anilines is 1. The maximum atomic E-state index is 12.0. The largest absolute Gasteiger partial charge is 0.398 e. The summed E-state index contributed by atoms with van der Waals surface area (Å²) in [5, 5.41) is 0. The van der Waals surface area contributed by atoms with Gasteiger partial charge in [0, 0.05) is 18.4 Å². The summed E-state index contributed by atoms with van der Waals surface area (Å²) in [5.74, 6) is 0. The van der Waals surface area contributed by atoms with Crippen LogP contribution in [-0.2, 0) is 10.0 Å². The Labute approximate surface area is 96.1 Å². The Morgan fingerprint density at radius 2 is 2.06 bits per heavy atom. The highest BCUT2D eigenvalue weighted by molar-refractivity contribution is 7.89. The Morgan fingerprint density at radius 1 is 1.44 bits per heavy atom. The average Bonchev–Trinajstić information content (AvgIpc) is 2.26. The number of hydrogen-bond acceptors (Lipinski definition) is 4. The predicted octanol–water partition coefficient (Wildman–Crippen LogP) is 1.13. The first-order valence-electron chi connectivity index (χ1n) is 5.23. The fourth-order valence-corrected chi connectivity index (χ4v) is 2.83. The fraction of sp³-hybridized carbons (Fsp3) is 0.500. The van der Waals surface area contributed by atoms with Gasteiger partial charge in [0.25, 0.3) is 0 Å². The van der Waals surface area contributed by atoms with Gasteiger partial charge in [-0.05, 0) is 18.9 Å². The van der Waals surface area contributed by atoms with Crippen molar-refractivity contribution in [2.24, 2.45) is 0 Å². The van der Waals surface area contributed by atoms with E-state index in [9.17, 15) is 8.42 Å². The molecule has 0 aromatic carbocycles. The minimum atomic E-state index is -3.55. The molecule has 0 aliphatic carbocycles. The van der Waals surface area contributed by atoms with E-state index in [1.54, 1.807) is 0 Å². The van der Waals surface area contributed by atoms with E-state index in [1.807, 2.05) is 13.8 Å². The third kappa shape index (κ3) is 2.93. The number of hydrogen-bond donors (Lipinski definition) is 2. The number of rotatable bonds is 5. The number of sulfonamides is 1. The van der Waals surface area contributed by atoms with E-state index in [2.05, 4.69) is 9.71 Å². The van der Waals surface area contributed by atoms with E-state index in [4.69, 9.17) is 5.73 Å². The Balaban J connectivity index is 2.99. The number of nitrogens with two attached hydrogens (primary N) is 1. The van der Waals surface area contributed by atoms with Crippen molar-refractivity contribution >= 4 is 15.7 Å². The first-order chi connectivity index (χ1) is 7.51. The molecule has 0 saturated heterocycles. The van der Waals surface area contributed by atoms with Crippen LogP contribution < -0.4 is 10.5 Å². The van der Waals surface area contributed by atoms with Gasteiger partial charge in [-0.2, -0.15) is 0 Å². The van der Waals surface area contributed by atoms with Crippen LogP contribution in [0.1, 0.15) is 26.7 Å². The van der Waals surface area contributed by atoms with Crippen molar-refractivity contribution < 1.29 is 8.42 Å². The Hall–Kier alpha value is -1.14. The maximum absolute atomic E-state index is 12.0. The summed E-state index contributed by atoms with van der Waals surface area (Å²) < 4.78 is 26.5. The number of nitrogen functional groups attached to an aromatic ring is 1. The van der Waals surface area contributed by atoms with Gasteiger partial charge in [0.05, 0.1) is 5.69 Å². The van der Waals surface area contributed by atoms with E-state index in [0.717, 1.165) is 12.8 Å². The van der Waals surface area contributed by atoms with Gasteiger partial charge in [-0.15, -0.1) is 0 Å². The van der Waals surface area contributed by atoms with E-state index in [0.29, 0.717) is 0 Å². The van der Waals surface area contributed by atoms with Crippen molar-refractivity contribution in [2.45, 2.75) is 37.6 Å². The second-order valence-electron chi connectivity index (χ2n) is 3.55. The molecule has 90 valence electrons. The van der Waals surface area contributed by atoms with Gasteiger partial charge >= 0.3 is 0 Å². The molecule has 0 unspecified atom stereocenters. The lowest BCUT2D eigenvalue weighted by atomic mass is 10.2. The number of nitrogens with one attached hydrogen (secondary N) is 1. The van der Waals surface area contributed by atoms with Crippen LogP contribution in [0.4, 0.5) is 5.69 Å². The second kappa shape index (κ2) is 5.27. The van der Waals surface area contributed by atoms with E-state index >= 15 is 0 Å². The summed E-state index contributed by atoms with van der Waals surface area (Å²) in [4.78, 5) is 3.81. The van der Waals surface area contributed by atoms with Gasteiger partial charge in [0.2, 0.25) is 10.0 Å². The number of aromatic nitrogens is 1. The SMILES string of the molecule is CCC(CC)NS(=O)(=O)c1cnccc1N. The van der Waals surface area contributed by atoms with Gasteiger partial charge in [0.15, 0.2) is 0 Å². The third-order valence-electron chi connectivity index (χ3n) is 2.41. The quantitative estimate of drug-likeness (QED) is 0.811. The normalized spacial score (nSPS) is 11.9. The highest BCUT2D eigenvalue weighted by atomic mass is 32.2. The first kappa shape index (κ1) is 12.9. The van der Waals surface area contributed by atoms with Crippen LogP contribution in [0.3, 0.4) is 0 Å². The summed E-state index contributed by atoms with van der Waals surface area (Å²) in [5.41, 5.74) is 5.82. The molecule has 3 N–H and O–H groups in total. The van der Waals surface area contributed by atoms with Crippen molar-refractivity contribution in [1.29, 1.82) is 0 Å². The molecule has 0 amide bonds. The smallest absolute Gasteiger partial charge is 0.244 e. The average molecular weight is 243 g/mol. The lowest BCUT2D eigenvalue weighted by Gasteiger charge is -2.15. The summed E-state index contributed by atoms with van der Waals surface area (Å²) in [6.07, 6.45) is 4.22. The second-order valence-corrected chi connectivity index (χ2v) is 5.23. The molecule has 16 heavy (non-hydrogen) atoms. The molecule has 0 radical (unpaired) electrons. The van der Waals surface area contributed by atoms with Gasteiger partial charge < -0.3 is 5.73 Å². The molecule has 0 spiro atoms. The van der Waals surface area contributed by atoms with Crippen molar-refractivity contribution in [3.63, 3.8) is 0 Å². The first-order valence-corrected chi connectivity index (χ1v) is 6.71. The van der Waals surface area contributed by atoms with Crippen molar-refractivity contribution in [2.75, 3.05) is 5.73 Å². The monoisotopic (exact) mass is 243 g/mol. The molecule has 1 rings (SSSR count). The van der Waals surface area contributed by atoms with Crippen molar-refractivity contribution in [1.82, 2.24) is 9.71 Å². The zero-order valence-electron chi connectivity index (χ0n) is 9.47. The van der Waals surface area contributed by atoms with Gasteiger partial charge in [0.1, 0.15) is 4.90 Å². The fourth-order valence-electron chi connectivity index (χ4n) is 1.35. The molecule has 5 nitrogen and oxygen atoms in total. The molecule has 1 aromatic heterocycles. The van der Waals surface area contributed by atoms with Crippen molar-refractivity contribution in [3.8, 4) is 0 Å². The van der Waals surface area contributed by atoms with Crippen LogP contribution in [0.2, 0.25) is 0 Å². The Kier molecular flexibility index (Phi) is 4.26. The van der Waals surface area contributed by atoms with Crippen LogP contribution in [-0.4, -0.2) is 19.4 Å². The molecule has 0 saturated carbocycles. The van der Waals surface area contributed by atoms with Gasteiger partial charge in [-0.3, -0.25) is 4.98 Å². The molecule has 0 aliphatic rings. The summed E-state index contributed by atoms with van der Waals surface area (Å²) in [6, 6.07) is 1.41. The van der Waals surface area contributed by atoms with Crippen LogP contribution in [0.25, 0.3) is 0 Å². The number of pyridine rings is 1. The zero-order chi connectivity index (χ0) is 12.2. The molecule has 1 aromatic rings. The highest BCUT2D eigenvalue weighted by Crippen LogP contribution is 2.16. The van der Waals surface area contributed by atoms with Gasteiger partial charge in [-0.1, -0.05) is 13.8 Å². The molecular weight excluding hydrogens is 226 g/mol. The van der Waals surface area contributed by atoms with Crippen LogP contribution >= 0.6 is 0 Å². The summed E-state index contributed by atoms with van der Waals surface area (Å²) in [7, 11) is -3.55. The maximum Gasteiger partial charge on any atom is 0.244 e. The molecule has 0 aliphatic heterocycles. The third-order valence-corrected chi connectivity index (χ3v) is 3.98. The standard InChI is InChI=1S/C10H17N3O2S/c1-3-8(4-2)13-16(14,15)10-7-12-6-5-9(10)11/h5-8,13H,3-4H2,1-2H3,(H2,11,12). The molecular formula is C10H17N3O2S. The minimum Gasteiger partial charge on any atom is -0.398 e. The highest BCUT2D eigenvalue weighted by Gasteiger charge is 2.20. The van der Waals surface area contributed by atoms with Gasteiger partial charge in [-0.25, -0.2) is 13.1 Å². The van der Waals surface area contributed by atoms with Crippen LogP contribution in [0.5, 0.6) is 0 Å². The molecule has 6 heteroatoms. The summed E-state index contributed by atoms with van der Waals surface area (Å²) >= 11 is 0. The molecule has 1 heterocycles. The topological polar surface area (TPSA) is 85.1 Å². The van der Waals surface area contributed by atoms with Crippen LogP contribution in [0.15, 0.2) is 23.4 Å². The minimum absolute atomic E-state index is 0.0434. The summed E-state index contributed by atoms with van der Waals surface area (Å²) in [6.45, 7) is 3.87. The Morgan fingerprint density at radius 3 is 2.56 bits per heavy atom. The Bertz CT molecular complexity index is 441. The molecule has 0 atom stereocenters. The zero-order valence-corrected chi connectivity index (χ0v) is 10.3. The molecule has 0 fully saturated rings. The molecule has 0 bridgehead atoms. The number of nitrogens with zero attached hydrogens (tertiary/aromatic N) is 1. The predicted molar refractivity (Wildman–Crippen MR) is 63.3 cm³/mol. The van der Waals surface area contributed by atoms with E-state index in [1.165, 1.54) is 18.5 Å². The van der Waals surface area contributed by atoms with Crippen molar-refractivity contribution in [3.05, 3.63) is 18.5 Å². The lowest BCUT2D eigenvalue weighted by Crippen LogP contribution is -2.34. The lowest BCUT2D eigenvalue weighted by molar-refractivity contribution is 0.530. The van der Waals surface area contributed by atoms with E-state index in [-0.39, 0.29) is 16.6 Å².